The van der Waals surface area contributed by atoms with Crippen LogP contribution in [0.4, 0.5) is 10.1 Å². The molecule has 0 aliphatic carbocycles. The van der Waals surface area contributed by atoms with Gasteiger partial charge >= 0.3 is 0 Å². The minimum absolute atomic E-state index is 0.238. The molecule has 72 valence electrons. The summed E-state index contributed by atoms with van der Waals surface area (Å²) in [5.74, 6) is 0. The monoisotopic (exact) mass is 201 g/mol. The summed E-state index contributed by atoms with van der Waals surface area (Å²) < 4.78 is 12.5. The van der Waals surface area contributed by atoms with E-state index in [9.17, 15) is 4.39 Å². The van der Waals surface area contributed by atoms with Crippen LogP contribution in [0.5, 0.6) is 0 Å². The summed E-state index contributed by atoms with van der Waals surface area (Å²) in [6.45, 7) is 2.98. The quantitative estimate of drug-likeness (QED) is 0.677. The molecule has 0 saturated heterocycles. The molecule has 0 heterocycles. The summed E-state index contributed by atoms with van der Waals surface area (Å²) in [6, 6.07) is 9.69. The van der Waals surface area contributed by atoms with Crippen LogP contribution in [0, 0.1) is 0 Å². The van der Waals surface area contributed by atoms with Crippen molar-refractivity contribution in [3.63, 3.8) is 0 Å². The highest BCUT2D eigenvalue weighted by Crippen LogP contribution is 2.14. The molecule has 0 aliphatic heterocycles. The molecule has 1 aromatic carbocycles. The highest BCUT2D eigenvalue weighted by atomic mass is 35.5. The number of anilines is 1. The summed E-state index contributed by atoms with van der Waals surface area (Å²) in [6.07, 6.45) is 0. The maximum Gasteiger partial charge on any atom is 0.190 e. The van der Waals surface area contributed by atoms with Gasteiger partial charge in [0.2, 0.25) is 0 Å². The van der Waals surface area contributed by atoms with Crippen molar-refractivity contribution in [2.24, 2.45) is 0 Å². The molecule has 0 aromatic heterocycles. The van der Waals surface area contributed by atoms with Crippen LogP contribution in [0.3, 0.4) is 0 Å². The van der Waals surface area contributed by atoms with E-state index in [0.717, 1.165) is 12.2 Å². The molecule has 0 bridgehead atoms. The first-order valence-electron chi connectivity index (χ1n) is 4.32. The van der Waals surface area contributed by atoms with Crippen LogP contribution >= 0.6 is 11.6 Å². The molecule has 0 N–H and O–H groups in total. The van der Waals surface area contributed by atoms with Crippen molar-refractivity contribution in [2.45, 2.75) is 12.6 Å². The number of benzene rings is 1. The Morgan fingerprint density at radius 1 is 1.38 bits per heavy atom. The molecule has 1 atom stereocenters. The molecule has 13 heavy (non-hydrogen) atoms. The number of alkyl halides is 2. The molecule has 1 aromatic rings. The molecular formula is C10H13ClFN. The zero-order valence-corrected chi connectivity index (χ0v) is 8.34. The van der Waals surface area contributed by atoms with Gasteiger partial charge in [0, 0.05) is 12.2 Å². The summed E-state index contributed by atoms with van der Waals surface area (Å²) in [5, 5.41) is 0. The van der Waals surface area contributed by atoms with E-state index in [-0.39, 0.29) is 6.54 Å². The largest absolute Gasteiger partial charge is 0.368 e. The minimum atomic E-state index is -1.31. The maximum atomic E-state index is 12.5. The van der Waals surface area contributed by atoms with E-state index in [2.05, 4.69) is 0 Å². The lowest BCUT2D eigenvalue weighted by molar-refractivity contribution is 0.442. The maximum absolute atomic E-state index is 12.5. The second kappa shape index (κ2) is 5.07. The summed E-state index contributed by atoms with van der Waals surface area (Å²) in [7, 11) is 0. The fourth-order valence-electron chi connectivity index (χ4n) is 1.22. The van der Waals surface area contributed by atoms with Gasteiger partial charge < -0.3 is 4.90 Å². The second-order valence-electron chi connectivity index (χ2n) is 2.77. The van der Waals surface area contributed by atoms with Gasteiger partial charge in [-0.25, -0.2) is 4.39 Å². The Labute approximate surface area is 83.1 Å². The fourth-order valence-corrected chi connectivity index (χ4v) is 1.39. The summed E-state index contributed by atoms with van der Waals surface area (Å²) in [5.41, 5.74) is -0.298. The SMILES string of the molecule is CCN(CC(F)Cl)c1ccccc1. The van der Waals surface area contributed by atoms with Crippen molar-refractivity contribution >= 4 is 17.3 Å². The van der Waals surface area contributed by atoms with Crippen LogP contribution in [-0.4, -0.2) is 18.7 Å². The van der Waals surface area contributed by atoms with E-state index in [1.54, 1.807) is 0 Å². The smallest absolute Gasteiger partial charge is 0.190 e. The topological polar surface area (TPSA) is 3.24 Å². The Morgan fingerprint density at radius 3 is 2.46 bits per heavy atom. The second-order valence-corrected chi connectivity index (χ2v) is 3.24. The predicted octanol–water partition coefficient (Wildman–Crippen LogP) is 3.05. The lowest BCUT2D eigenvalue weighted by atomic mass is 10.3. The standard InChI is InChI=1S/C10H13ClFN/c1-2-13(8-10(11)12)9-6-4-3-5-7-9/h3-7,10H,2,8H2,1H3. The van der Waals surface area contributed by atoms with Gasteiger partial charge in [0.05, 0.1) is 6.54 Å². The van der Waals surface area contributed by atoms with Gasteiger partial charge in [-0.05, 0) is 19.1 Å². The predicted molar refractivity (Wildman–Crippen MR) is 55.1 cm³/mol. The molecular weight excluding hydrogens is 189 g/mol. The molecule has 0 aliphatic rings. The van der Waals surface area contributed by atoms with Gasteiger partial charge in [-0.2, -0.15) is 0 Å². The molecule has 1 unspecified atom stereocenters. The van der Waals surface area contributed by atoms with E-state index in [0.29, 0.717) is 0 Å². The van der Waals surface area contributed by atoms with Crippen LogP contribution < -0.4 is 4.90 Å². The number of nitrogens with zero attached hydrogens (tertiary/aromatic N) is 1. The van der Waals surface area contributed by atoms with Crippen molar-refractivity contribution in [2.75, 3.05) is 18.0 Å². The van der Waals surface area contributed by atoms with Crippen molar-refractivity contribution in [1.82, 2.24) is 0 Å². The van der Waals surface area contributed by atoms with Crippen LogP contribution in [0.15, 0.2) is 30.3 Å². The van der Waals surface area contributed by atoms with Crippen molar-refractivity contribution in [1.29, 1.82) is 0 Å². The Bertz CT molecular complexity index is 238. The van der Waals surface area contributed by atoms with E-state index < -0.39 is 5.63 Å². The average Bonchev–Trinajstić information content (AvgIpc) is 2.15. The lowest BCUT2D eigenvalue weighted by Crippen LogP contribution is -2.27. The summed E-state index contributed by atoms with van der Waals surface area (Å²) in [4.78, 5) is 1.90. The van der Waals surface area contributed by atoms with Gasteiger partial charge in [0.1, 0.15) is 0 Å². The lowest BCUT2D eigenvalue weighted by Gasteiger charge is -2.22. The number of hydrogen-bond acceptors (Lipinski definition) is 1. The van der Waals surface area contributed by atoms with E-state index in [1.165, 1.54) is 0 Å². The van der Waals surface area contributed by atoms with Crippen molar-refractivity contribution in [3.05, 3.63) is 30.3 Å². The third-order valence-electron chi connectivity index (χ3n) is 1.86. The third-order valence-corrected chi connectivity index (χ3v) is 2.00. The molecule has 0 radical (unpaired) electrons. The van der Waals surface area contributed by atoms with E-state index >= 15 is 0 Å². The Morgan fingerprint density at radius 2 is 2.00 bits per heavy atom. The first-order valence-corrected chi connectivity index (χ1v) is 4.75. The van der Waals surface area contributed by atoms with Crippen LogP contribution in [0.1, 0.15) is 6.92 Å². The van der Waals surface area contributed by atoms with Gasteiger partial charge in [-0.3, -0.25) is 0 Å². The first kappa shape index (κ1) is 10.3. The van der Waals surface area contributed by atoms with Crippen LogP contribution in [0.25, 0.3) is 0 Å². The average molecular weight is 202 g/mol. The van der Waals surface area contributed by atoms with Gasteiger partial charge in [0.25, 0.3) is 0 Å². The molecule has 0 saturated carbocycles. The number of rotatable bonds is 4. The Balaban J connectivity index is 2.67. The normalized spacial score (nSPS) is 12.5. The summed E-state index contributed by atoms with van der Waals surface area (Å²) >= 11 is 5.29. The molecule has 0 amide bonds. The molecule has 3 heteroatoms. The Kier molecular flexibility index (Phi) is 4.03. The first-order chi connectivity index (χ1) is 6.24. The molecule has 0 spiro atoms. The fraction of sp³-hybridized carbons (Fsp3) is 0.400. The van der Waals surface area contributed by atoms with E-state index in [1.807, 2.05) is 42.2 Å². The number of hydrogen-bond donors (Lipinski definition) is 0. The van der Waals surface area contributed by atoms with Crippen LogP contribution in [0.2, 0.25) is 0 Å². The molecule has 0 fully saturated rings. The molecule has 1 nitrogen and oxygen atoms in total. The van der Waals surface area contributed by atoms with Crippen LogP contribution in [-0.2, 0) is 0 Å². The zero-order valence-electron chi connectivity index (χ0n) is 7.58. The van der Waals surface area contributed by atoms with Crippen molar-refractivity contribution < 1.29 is 4.39 Å². The highest BCUT2D eigenvalue weighted by Gasteiger charge is 2.08. The van der Waals surface area contributed by atoms with Gasteiger partial charge in [0.15, 0.2) is 5.63 Å². The van der Waals surface area contributed by atoms with E-state index in [4.69, 9.17) is 11.6 Å². The number of para-hydroxylation sites is 1. The minimum Gasteiger partial charge on any atom is -0.368 e. The van der Waals surface area contributed by atoms with Crippen molar-refractivity contribution in [3.8, 4) is 0 Å². The Hall–Kier alpha value is -0.760. The zero-order chi connectivity index (χ0) is 9.68. The van der Waals surface area contributed by atoms with Gasteiger partial charge in [-0.1, -0.05) is 29.8 Å². The third kappa shape index (κ3) is 3.23. The highest BCUT2D eigenvalue weighted by molar-refractivity contribution is 6.19. The number of halogens is 2. The molecule has 1 rings (SSSR count). The van der Waals surface area contributed by atoms with Gasteiger partial charge in [-0.15, -0.1) is 0 Å².